The maximum absolute atomic E-state index is 13.0. The molecule has 0 saturated carbocycles. The van der Waals surface area contributed by atoms with Crippen LogP contribution in [0.3, 0.4) is 0 Å². The molecule has 6 N–H and O–H groups in total. The lowest BCUT2D eigenvalue weighted by molar-refractivity contribution is -0.302. The number of rotatable bonds is 42. The number of aliphatic hydroxyl groups is 5. The van der Waals surface area contributed by atoms with Gasteiger partial charge in [0.2, 0.25) is 5.91 Å². The van der Waals surface area contributed by atoms with Crippen LogP contribution in [0.5, 0.6) is 0 Å². The van der Waals surface area contributed by atoms with Gasteiger partial charge in [-0.05, 0) is 96.3 Å². The molecule has 1 aliphatic rings. The Morgan fingerprint density at radius 3 is 1.43 bits per heavy atom. The Kier molecular flexibility index (Phi) is 42.6. The molecule has 0 bridgehead atoms. The van der Waals surface area contributed by atoms with E-state index in [4.69, 9.17) is 9.47 Å². The van der Waals surface area contributed by atoms with Crippen LogP contribution in [0.1, 0.15) is 181 Å². The molecule has 1 fully saturated rings. The summed E-state index contributed by atoms with van der Waals surface area (Å²) in [6.45, 7) is 3.60. The number of carbonyl (C=O) groups is 1. The van der Waals surface area contributed by atoms with Crippen molar-refractivity contribution >= 4 is 5.91 Å². The van der Waals surface area contributed by atoms with E-state index >= 15 is 0 Å². The molecule has 0 aromatic rings. The van der Waals surface area contributed by atoms with Crippen LogP contribution in [0.15, 0.2) is 122 Å². The first kappa shape index (κ1) is 61.6. The predicted octanol–water partition coefficient (Wildman–Crippen LogP) is 12.4. The smallest absolute Gasteiger partial charge is 0.220 e. The number of hydrogen-bond acceptors (Lipinski definition) is 8. The van der Waals surface area contributed by atoms with Gasteiger partial charge in [-0.1, -0.05) is 200 Å². The fraction of sp³-hybridized carbons (Fsp3) is 0.638. The van der Waals surface area contributed by atoms with E-state index < -0.39 is 49.5 Å². The Morgan fingerprint density at radius 2 is 0.940 bits per heavy atom. The number of nitrogens with one attached hydrogen (secondary N) is 1. The summed E-state index contributed by atoms with van der Waals surface area (Å²) in [4.78, 5) is 13.0. The van der Waals surface area contributed by atoms with Gasteiger partial charge in [-0.2, -0.15) is 0 Å². The van der Waals surface area contributed by atoms with Crippen molar-refractivity contribution in [3.63, 3.8) is 0 Å². The highest BCUT2D eigenvalue weighted by Gasteiger charge is 2.44. The molecule has 9 nitrogen and oxygen atoms in total. The summed E-state index contributed by atoms with van der Waals surface area (Å²) in [6.07, 6.45) is 62.5. The number of amides is 1. The summed E-state index contributed by atoms with van der Waals surface area (Å²) < 4.78 is 11.2. The monoisotopic (exact) mass is 934 g/mol. The third-order valence-corrected chi connectivity index (χ3v) is 11.5. The molecular formula is C58H95NO8. The van der Waals surface area contributed by atoms with Crippen LogP contribution in [0, 0.1) is 0 Å². The molecule has 9 heteroatoms. The zero-order valence-corrected chi connectivity index (χ0v) is 41.8. The molecule has 67 heavy (non-hydrogen) atoms. The van der Waals surface area contributed by atoms with Gasteiger partial charge in [-0.15, -0.1) is 0 Å². The maximum Gasteiger partial charge on any atom is 0.220 e. The molecule has 7 unspecified atom stereocenters. The van der Waals surface area contributed by atoms with Crippen molar-refractivity contribution in [2.75, 3.05) is 13.2 Å². The molecule has 1 amide bonds. The van der Waals surface area contributed by atoms with Crippen molar-refractivity contribution in [2.24, 2.45) is 0 Å². The van der Waals surface area contributed by atoms with E-state index in [-0.39, 0.29) is 18.9 Å². The normalized spacial score (nSPS) is 20.7. The summed E-state index contributed by atoms with van der Waals surface area (Å²) in [7, 11) is 0. The molecule has 0 radical (unpaired) electrons. The van der Waals surface area contributed by atoms with Crippen LogP contribution < -0.4 is 5.32 Å². The highest BCUT2D eigenvalue weighted by Crippen LogP contribution is 2.22. The van der Waals surface area contributed by atoms with Gasteiger partial charge in [-0.25, -0.2) is 0 Å². The molecule has 0 aromatic heterocycles. The number of hydrogen-bond donors (Lipinski definition) is 6. The van der Waals surface area contributed by atoms with Gasteiger partial charge in [0.15, 0.2) is 6.29 Å². The SMILES string of the molecule is CC/C=C\C/C=C\C/C=C\C/C=C\C/C=C\C/C=C\C/C=C\C/C=C\CCCCC(=O)NC(COC1OC(CO)C(O)C(O)C1O)C(O)/C=C/CC/C=C/CCCCCCCCCCCCC. The average molecular weight is 934 g/mol. The highest BCUT2D eigenvalue weighted by molar-refractivity contribution is 5.76. The van der Waals surface area contributed by atoms with Gasteiger partial charge in [0.05, 0.1) is 25.4 Å². The number of unbranched alkanes of at least 4 members (excludes halogenated alkanes) is 14. The molecule has 1 aliphatic heterocycles. The lowest BCUT2D eigenvalue weighted by Gasteiger charge is -2.40. The lowest BCUT2D eigenvalue weighted by Crippen LogP contribution is -2.60. The van der Waals surface area contributed by atoms with Gasteiger partial charge in [0.25, 0.3) is 0 Å². The van der Waals surface area contributed by atoms with E-state index in [9.17, 15) is 30.3 Å². The fourth-order valence-electron chi connectivity index (χ4n) is 7.36. The number of aliphatic hydroxyl groups excluding tert-OH is 5. The van der Waals surface area contributed by atoms with E-state index in [2.05, 4.69) is 129 Å². The minimum absolute atomic E-state index is 0.227. The number of ether oxygens (including phenoxy) is 2. The zero-order valence-electron chi connectivity index (χ0n) is 41.8. The summed E-state index contributed by atoms with van der Waals surface area (Å²) in [5.41, 5.74) is 0. The Morgan fingerprint density at radius 1 is 0.522 bits per heavy atom. The molecule has 0 aliphatic carbocycles. The molecular weight excluding hydrogens is 839 g/mol. The summed E-state index contributed by atoms with van der Waals surface area (Å²) >= 11 is 0. The molecule has 380 valence electrons. The second kappa shape index (κ2) is 46.3. The summed E-state index contributed by atoms with van der Waals surface area (Å²) in [6, 6.07) is -0.854. The standard InChI is InChI=1S/C58H95NO8/c1-3-5-7-9-11-13-15-17-19-21-22-23-24-25-26-27-28-29-30-32-34-36-38-40-42-44-46-48-54(62)59-51(50-66-58-57(65)56(64)55(63)53(49-60)67-58)52(61)47-45-43-41-39-37-35-33-31-20-18-16-14-12-10-8-6-4-2/h5,7,11,13,17,19,22-23,25-26,28-29,32,34,37-40,45,47,51-53,55-58,60-61,63-65H,3-4,6,8-10,12,14-16,18,20-21,24,27,30-31,33,35-36,41-44,46,48-50H2,1-2H3,(H,59,62)/b7-5-,13-11-,19-17-,23-22-,26-25-,29-28-,34-32-,39-37+,40-38-,47-45+. The zero-order chi connectivity index (χ0) is 48.7. The lowest BCUT2D eigenvalue weighted by atomic mass is 9.99. The third kappa shape index (κ3) is 36.3. The number of carbonyl (C=O) groups excluding carboxylic acids is 1. The Labute approximate surface area is 408 Å². The van der Waals surface area contributed by atoms with E-state index in [0.717, 1.165) is 83.5 Å². The first-order valence-electron chi connectivity index (χ1n) is 26.3. The van der Waals surface area contributed by atoms with Crippen LogP contribution >= 0.6 is 0 Å². The molecule has 1 rings (SSSR count). The second-order valence-electron chi connectivity index (χ2n) is 17.6. The molecule has 1 heterocycles. The first-order chi connectivity index (χ1) is 32.8. The quantitative estimate of drug-likeness (QED) is 0.0262. The minimum Gasteiger partial charge on any atom is -0.394 e. The van der Waals surface area contributed by atoms with Gasteiger partial charge in [0, 0.05) is 6.42 Å². The van der Waals surface area contributed by atoms with Crippen molar-refractivity contribution < 1.29 is 39.8 Å². The Balaban J connectivity index is 2.36. The second-order valence-corrected chi connectivity index (χ2v) is 17.6. The van der Waals surface area contributed by atoms with Gasteiger partial charge >= 0.3 is 0 Å². The van der Waals surface area contributed by atoms with Crippen LogP contribution in [0.25, 0.3) is 0 Å². The van der Waals surface area contributed by atoms with Crippen molar-refractivity contribution in [2.45, 2.75) is 224 Å². The Hall–Kier alpha value is -3.41. The average Bonchev–Trinajstić information content (AvgIpc) is 3.33. The van der Waals surface area contributed by atoms with Crippen LogP contribution in [-0.4, -0.2) is 87.5 Å². The molecule has 0 aromatic carbocycles. The molecule has 7 atom stereocenters. The van der Waals surface area contributed by atoms with Gasteiger partial charge < -0.3 is 40.3 Å². The van der Waals surface area contributed by atoms with Crippen molar-refractivity contribution in [3.05, 3.63) is 122 Å². The summed E-state index contributed by atoms with van der Waals surface area (Å²) in [5, 5.41) is 54.3. The third-order valence-electron chi connectivity index (χ3n) is 11.5. The van der Waals surface area contributed by atoms with Crippen LogP contribution in [0.4, 0.5) is 0 Å². The summed E-state index contributed by atoms with van der Waals surface area (Å²) in [5.74, 6) is -0.235. The van der Waals surface area contributed by atoms with Crippen LogP contribution in [0.2, 0.25) is 0 Å². The maximum atomic E-state index is 13.0. The van der Waals surface area contributed by atoms with Crippen molar-refractivity contribution in [1.82, 2.24) is 5.32 Å². The van der Waals surface area contributed by atoms with Crippen molar-refractivity contribution in [3.8, 4) is 0 Å². The predicted molar refractivity (Wildman–Crippen MR) is 280 cm³/mol. The van der Waals surface area contributed by atoms with E-state index in [1.807, 2.05) is 6.08 Å². The highest BCUT2D eigenvalue weighted by atomic mass is 16.7. The Bertz CT molecular complexity index is 1460. The van der Waals surface area contributed by atoms with Gasteiger partial charge in [0.1, 0.15) is 24.4 Å². The molecule has 0 spiro atoms. The number of allylic oxidation sites excluding steroid dienone is 19. The largest absolute Gasteiger partial charge is 0.394 e. The molecule has 1 saturated heterocycles. The van der Waals surface area contributed by atoms with Gasteiger partial charge in [-0.3, -0.25) is 4.79 Å². The van der Waals surface area contributed by atoms with E-state index in [1.165, 1.54) is 70.6 Å². The first-order valence-corrected chi connectivity index (χ1v) is 26.3. The van der Waals surface area contributed by atoms with Crippen LogP contribution in [-0.2, 0) is 14.3 Å². The fourth-order valence-corrected chi connectivity index (χ4v) is 7.36. The van der Waals surface area contributed by atoms with Crippen molar-refractivity contribution in [1.29, 1.82) is 0 Å². The topological polar surface area (TPSA) is 149 Å². The minimum atomic E-state index is -1.59. The van der Waals surface area contributed by atoms with E-state index in [0.29, 0.717) is 6.42 Å². The van der Waals surface area contributed by atoms with E-state index in [1.54, 1.807) is 6.08 Å².